The summed E-state index contributed by atoms with van der Waals surface area (Å²) in [5, 5.41) is 16.6. The van der Waals surface area contributed by atoms with Gasteiger partial charge in [-0.2, -0.15) is 0 Å². The lowest BCUT2D eigenvalue weighted by Crippen LogP contribution is -2.42. The van der Waals surface area contributed by atoms with Gasteiger partial charge in [0.05, 0.1) is 4.88 Å². The maximum Gasteiger partial charge on any atom is 0.261 e. The maximum absolute atomic E-state index is 12.4. The quantitative estimate of drug-likeness (QED) is 0.816. The van der Waals surface area contributed by atoms with Gasteiger partial charge in [-0.05, 0) is 43.5 Å². The van der Waals surface area contributed by atoms with Gasteiger partial charge in [0, 0.05) is 28.6 Å². The minimum absolute atomic E-state index is 0.00831. The minimum Gasteiger partial charge on any atom is -0.507 e. The zero-order valence-corrected chi connectivity index (χ0v) is 12.9. The van der Waals surface area contributed by atoms with Crippen molar-refractivity contribution in [2.24, 2.45) is 0 Å². The number of benzene rings is 1. The molecule has 2 aliphatic rings. The molecule has 4 rings (SSSR count). The fraction of sp³-hybridized carbons (Fsp3) is 0.353. The number of carbonyl (C=O) groups is 1. The van der Waals surface area contributed by atoms with Crippen LogP contribution in [0.2, 0.25) is 0 Å². The van der Waals surface area contributed by atoms with Crippen LogP contribution < -0.4 is 10.6 Å². The zero-order valence-electron chi connectivity index (χ0n) is 12.1. The van der Waals surface area contributed by atoms with E-state index in [2.05, 4.69) is 10.6 Å². The highest BCUT2D eigenvalue weighted by atomic mass is 32.1. The lowest BCUT2D eigenvalue weighted by atomic mass is 9.95. The van der Waals surface area contributed by atoms with Crippen LogP contribution in [0.15, 0.2) is 36.4 Å². The van der Waals surface area contributed by atoms with Crippen molar-refractivity contribution in [3.8, 4) is 16.2 Å². The number of thiophene rings is 1. The number of nitrogens with one attached hydrogen (secondary N) is 2. The third kappa shape index (κ3) is 2.40. The van der Waals surface area contributed by atoms with Crippen molar-refractivity contribution >= 4 is 17.2 Å². The molecule has 1 aromatic carbocycles. The van der Waals surface area contributed by atoms with Crippen molar-refractivity contribution < 1.29 is 9.90 Å². The molecule has 2 aromatic rings. The first-order valence-corrected chi connectivity index (χ1v) is 8.47. The predicted octanol–water partition coefficient (Wildman–Crippen LogP) is 2.74. The molecule has 0 spiro atoms. The maximum atomic E-state index is 12.4. The summed E-state index contributed by atoms with van der Waals surface area (Å²) in [4.78, 5) is 14.0. The van der Waals surface area contributed by atoms with Crippen LogP contribution in [0.5, 0.6) is 5.75 Å². The lowest BCUT2D eigenvalue weighted by Gasteiger charge is -2.20. The molecule has 4 nitrogen and oxygen atoms in total. The van der Waals surface area contributed by atoms with Crippen LogP contribution in [-0.2, 0) is 0 Å². The van der Waals surface area contributed by atoms with Gasteiger partial charge in [0.2, 0.25) is 0 Å². The van der Waals surface area contributed by atoms with Gasteiger partial charge >= 0.3 is 0 Å². The minimum atomic E-state index is -0.00831. The summed E-state index contributed by atoms with van der Waals surface area (Å²) >= 11 is 1.42. The van der Waals surface area contributed by atoms with E-state index in [0.717, 1.165) is 23.3 Å². The molecule has 1 amide bonds. The van der Waals surface area contributed by atoms with Crippen LogP contribution in [0.1, 0.15) is 28.9 Å². The van der Waals surface area contributed by atoms with E-state index >= 15 is 0 Å². The summed E-state index contributed by atoms with van der Waals surface area (Å²) in [5.74, 6) is 0.236. The average molecular weight is 314 g/mol. The fourth-order valence-corrected chi connectivity index (χ4v) is 4.45. The number of carbonyl (C=O) groups excluding carboxylic acids is 1. The second-order valence-corrected chi connectivity index (χ2v) is 7.13. The number of para-hydroxylation sites is 1. The van der Waals surface area contributed by atoms with E-state index in [-0.39, 0.29) is 17.7 Å². The fourth-order valence-electron chi connectivity index (χ4n) is 3.51. The van der Waals surface area contributed by atoms with Gasteiger partial charge in [-0.15, -0.1) is 11.3 Å². The Bertz CT molecular complexity index is 712. The van der Waals surface area contributed by atoms with Gasteiger partial charge in [-0.1, -0.05) is 12.1 Å². The molecule has 2 aliphatic heterocycles. The van der Waals surface area contributed by atoms with Crippen LogP contribution >= 0.6 is 11.3 Å². The summed E-state index contributed by atoms with van der Waals surface area (Å²) in [5.41, 5.74) is 0.771. The second kappa shape index (κ2) is 5.41. The molecule has 5 heteroatoms. The first-order chi connectivity index (χ1) is 10.7. The summed E-state index contributed by atoms with van der Waals surface area (Å²) in [7, 11) is 0. The van der Waals surface area contributed by atoms with Gasteiger partial charge in [-0.25, -0.2) is 0 Å². The number of phenolic OH excluding ortho intramolecular Hbond substituents is 1. The highest BCUT2D eigenvalue weighted by Crippen LogP contribution is 2.34. The first kappa shape index (κ1) is 13.8. The van der Waals surface area contributed by atoms with Crippen molar-refractivity contribution in [3.05, 3.63) is 41.3 Å². The summed E-state index contributed by atoms with van der Waals surface area (Å²) < 4.78 is 0. The van der Waals surface area contributed by atoms with Gasteiger partial charge < -0.3 is 15.7 Å². The molecule has 2 saturated heterocycles. The van der Waals surface area contributed by atoms with E-state index in [0.29, 0.717) is 17.0 Å². The highest BCUT2D eigenvalue weighted by Gasteiger charge is 2.39. The summed E-state index contributed by atoms with van der Waals surface area (Å²) in [6, 6.07) is 12.2. The third-order valence-corrected chi connectivity index (χ3v) is 5.73. The standard InChI is InChI=1S/C17H18N2O2S/c20-14-4-2-1-3-11(14)15-7-8-16(22-15)17(21)19-13-9-10-5-6-12(13)18-10/h1-4,7-8,10,12-13,18,20H,5-6,9H2,(H,19,21)/t10-,12+,13-/m1/s1. The Morgan fingerprint density at radius 1 is 1.23 bits per heavy atom. The average Bonchev–Trinajstić information content (AvgIpc) is 3.24. The van der Waals surface area contributed by atoms with E-state index in [1.165, 1.54) is 17.8 Å². The Morgan fingerprint density at radius 2 is 2.09 bits per heavy atom. The van der Waals surface area contributed by atoms with Gasteiger partial charge in [0.15, 0.2) is 0 Å². The third-order valence-electron chi connectivity index (χ3n) is 4.62. The molecule has 22 heavy (non-hydrogen) atoms. The molecular weight excluding hydrogens is 296 g/mol. The van der Waals surface area contributed by atoms with E-state index < -0.39 is 0 Å². The number of hydrogen-bond acceptors (Lipinski definition) is 4. The van der Waals surface area contributed by atoms with Crippen LogP contribution in [0.4, 0.5) is 0 Å². The molecule has 3 heterocycles. The number of fused-ring (bicyclic) bond motifs is 2. The molecule has 3 atom stereocenters. The van der Waals surface area contributed by atoms with E-state index in [1.54, 1.807) is 12.1 Å². The van der Waals surface area contributed by atoms with Crippen molar-refractivity contribution in [2.45, 2.75) is 37.4 Å². The zero-order chi connectivity index (χ0) is 15.1. The Labute approximate surface area is 133 Å². The Balaban J connectivity index is 1.49. The van der Waals surface area contributed by atoms with Crippen molar-refractivity contribution in [1.29, 1.82) is 0 Å². The SMILES string of the molecule is O=C(N[C@@H]1C[C@H]2CC[C@@H]1N2)c1ccc(-c2ccccc2O)s1. The lowest BCUT2D eigenvalue weighted by molar-refractivity contribution is 0.0935. The van der Waals surface area contributed by atoms with Gasteiger partial charge in [0.1, 0.15) is 5.75 Å². The smallest absolute Gasteiger partial charge is 0.261 e. The molecular formula is C17H18N2O2S. The Kier molecular flexibility index (Phi) is 3.39. The first-order valence-electron chi connectivity index (χ1n) is 7.66. The number of phenols is 1. The molecule has 0 saturated carbocycles. The van der Waals surface area contributed by atoms with Crippen molar-refractivity contribution in [1.82, 2.24) is 10.6 Å². The molecule has 3 N–H and O–H groups in total. The molecule has 0 aliphatic carbocycles. The largest absolute Gasteiger partial charge is 0.507 e. The normalized spacial score (nSPS) is 26.3. The predicted molar refractivity (Wildman–Crippen MR) is 87.2 cm³/mol. The van der Waals surface area contributed by atoms with Crippen LogP contribution in [0, 0.1) is 0 Å². The second-order valence-electron chi connectivity index (χ2n) is 6.04. The molecule has 0 unspecified atom stereocenters. The Hall–Kier alpha value is -1.85. The summed E-state index contributed by atoms with van der Waals surface area (Å²) in [6.45, 7) is 0. The van der Waals surface area contributed by atoms with Crippen molar-refractivity contribution in [3.63, 3.8) is 0 Å². The number of aromatic hydroxyl groups is 1. The van der Waals surface area contributed by atoms with Gasteiger partial charge in [0.25, 0.3) is 5.91 Å². The molecule has 114 valence electrons. The Morgan fingerprint density at radius 3 is 2.82 bits per heavy atom. The number of amides is 1. The van der Waals surface area contributed by atoms with Crippen LogP contribution in [0.3, 0.4) is 0 Å². The van der Waals surface area contributed by atoms with Gasteiger partial charge in [-0.3, -0.25) is 4.79 Å². The molecule has 0 radical (unpaired) electrons. The number of hydrogen-bond donors (Lipinski definition) is 3. The van der Waals surface area contributed by atoms with E-state index in [9.17, 15) is 9.90 Å². The van der Waals surface area contributed by atoms with E-state index in [1.807, 2.05) is 24.3 Å². The van der Waals surface area contributed by atoms with Crippen LogP contribution in [0.25, 0.3) is 10.4 Å². The summed E-state index contributed by atoms with van der Waals surface area (Å²) in [6.07, 6.45) is 3.42. The monoisotopic (exact) mass is 314 g/mol. The molecule has 1 aromatic heterocycles. The van der Waals surface area contributed by atoms with Crippen LogP contribution in [-0.4, -0.2) is 29.1 Å². The van der Waals surface area contributed by atoms with E-state index in [4.69, 9.17) is 0 Å². The molecule has 2 fully saturated rings. The van der Waals surface area contributed by atoms with Crippen molar-refractivity contribution in [2.75, 3.05) is 0 Å². The molecule has 2 bridgehead atoms. The number of rotatable bonds is 3. The highest BCUT2D eigenvalue weighted by molar-refractivity contribution is 7.17. The topological polar surface area (TPSA) is 61.4 Å².